The molecule has 76 valence electrons. The molecule has 1 unspecified atom stereocenters. The van der Waals surface area contributed by atoms with Crippen LogP contribution in [0.5, 0.6) is 5.75 Å². The Morgan fingerprint density at radius 1 is 1.36 bits per heavy atom. The Labute approximate surface area is 106 Å². The smallest absolute Gasteiger partial charge is 0.409 e. The van der Waals surface area contributed by atoms with Gasteiger partial charge in [0, 0.05) is 9.13 Å². The number of benzene rings is 1. The molecule has 0 saturated heterocycles. The van der Waals surface area contributed by atoms with E-state index in [9.17, 15) is 8.78 Å². The molecular formula is C8H4F2I2O2. The molecule has 0 bridgehead atoms. The molecule has 0 saturated carbocycles. The minimum absolute atomic E-state index is 0.188. The van der Waals surface area contributed by atoms with Crippen LogP contribution in [-0.4, -0.2) is 6.29 Å². The van der Waals surface area contributed by atoms with Gasteiger partial charge in [0.1, 0.15) is 9.86 Å². The van der Waals surface area contributed by atoms with Crippen LogP contribution in [0.25, 0.3) is 0 Å². The van der Waals surface area contributed by atoms with Crippen LogP contribution in [-0.2, 0) is 4.74 Å². The number of fused-ring (bicyclic) bond motifs is 1. The summed E-state index contributed by atoms with van der Waals surface area (Å²) in [6, 6.07) is 5.11. The minimum Gasteiger partial charge on any atom is -0.409 e. The third-order valence-electron chi connectivity index (χ3n) is 1.69. The molecule has 0 spiro atoms. The van der Waals surface area contributed by atoms with Gasteiger partial charge in [0.25, 0.3) is 0 Å². The summed E-state index contributed by atoms with van der Waals surface area (Å²) >= 11 is 3.84. The number of alkyl halides is 3. The highest BCUT2D eigenvalue weighted by atomic mass is 127. The predicted molar refractivity (Wildman–Crippen MR) is 62.6 cm³/mol. The molecule has 1 aromatic rings. The highest BCUT2D eigenvalue weighted by Gasteiger charge is 2.42. The second-order valence-corrected chi connectivity index (χ2v) is 5.06. The fraction of sp³-hybridized carbons (Fsp3) is 0.250. The van der Waals surface area contributed by atoms with Crippen molar-refractivity contribution < 1.29 is 18.3 Å². The van der Waals surface area contributed by atoms with Crippen molar-refractivity contribution in [3.8, 4) is 5.75 Å². The van der Waals surface area contributed by atoms with E-state index < -0.39 is 10.4 Å². The summed E-state index contributed by atoms with van der Waals surface area (Å²) in [5, 5.41) is 0. The van der Waals surface area contributed by atoms with Gasteiger partial charge >= 0.3 is 6.29 Å². The predicted octanol–water partition coefficient (Wildman–Crippen LogP) is 3.68. The van der Waals surface area contributed by atoms with Gasteiger partial charge in [0.15, 0.2) is 0 Å². The van der Waals surface area contributed by atoms with Gasteiger partial charge in [-0.05, 0) is 57.3 Å². The van der Waals surface area contributed by atoms with E-state index in [0.717, 1.165) is 3.57 Å². The first-order valence-electron chi connectivity index (χ1n) is 3.66. The van der Waals surface area contributed by atoms with Crippen molar-refractivity contribution in [2.45, 2.75) is 10.4 Å². The molecule has 0 aliphatic carbocycles. The summed E-state index contributed by atoms with van der Waals surface area (Å²) in [6.45, 7) is 0. The summed E-state index contributed by atoms with van der Waals surface area (Å²) in [4.78, 5) is 0. The van der Waals surface area contributed by atoms with E-state index in [0.29, 0.717) is 5.56 Å². The van der Waals surface area contributed by atoms with Crippen molar-refractivity contribution >= 4 is 45.2 Å². The van der Waals surface area contributed by atoms with Gasteiger partial charge in [-0.15, -0.1) is 8.78 Å². The maximum absolute atomic E-state index is 12.8. The fourth-order valence-electron chi connectivity index (χ4n) is 1.12. The molecule has 0 amide bonds. The first kappa shape index (κ1) is 10.8. The summed E-state index contributed by atoms with van der Waals surface area (Å²) in [6.07, 6.45) is -3.52. The number of hydrogen-bond acceptors (Lipinski definition) is 2. The lowest BCUT2D eigenvalue weighted by molar-refractivity contribution is -0.367. The zero-order chi connectivity index (χ0) is 10.3. The maximum Gasteiger partial charge on any atom is 0.536 e. The second kappa shape index (κ2) is 3.71. The Hall–Kier alpha value is 0.300. The van der Waals surface area contributed by atoms with Gasteiger partial charge in [0.05, 0.1) is 0 Å². The zero-order valence-corrected chi connectivity index (χ0v) is 11.0. The Morgan fingerprint density at radius 3 is 2.79 bits per heavy atom. The van der Waals surface area contributed by atoms with E-state index in [2.05, 4.69) is 9.47 Å². The lowest BCUT2D eigenvalue weighted by Crippen LogP contribution is -2.33. The minimum atomic E-state index is -3.52. The van der Waals surface area contributed by atoms with Crippen molar-refractivity contribution in [2.24, 2.45) is 0 Å². The van der Waals surface area contributed by atoms with Crippen molar-refractivity contribution in [2.75, 3.05) is 0 Å². The van der Waals surface area contributed by atoms with E-state index in [1.54, 1.807) is 34.7 Å². The fourth-order valence-corrected chi connectivity index (χ4v) is 2.39. The Morgan fingerprint density at radius 2 is 2.07 bits per heavy atom. The van der Waals surface area contributed by atoms with Crippen molar-refractivity contribution in [1.29, 1.82) is 0 Å². The largest absolute Gasteiger partial charge is 0.536 e. The first-order valence-corrected chi connectivity index (χ1v) is 5.98. The molecule has 2 rings (SSSR count). The van der Waals surface area contributed by atoms with Crippen LogP contribution in [0.4, 0.5) is 8.78 Å². The van der Waals surface area contributed by atoms with E-state index in [1.807, 2.05) is 28.7 Å². The third kappa shape index (κ3) is 2.11. The Bertz CT molecular complexity index is 370. The van der Waals surface area contributed by atoms with Crippen molar-refractivity contribution in [3.05, 3.63) is 27.3 Å². The van der Waals surface area contributed by atoms with Crippen LogP contribution in [0.2, 0.25) is 0 Å². The second-order valence-electron chi connectivity index (χ2n) is 2.68. The normalized spacial score (nSPS) is 23.9. The average molecular weight is 424 g/mol. The van der Waals surface area contributed by atoms with Gasteiger partial charge in [-0.3, -0.25) is 4.74 Å². The highest BCUT2D eigenvalue weighted by Crippen LogP contribution is 2.43. The van der Waals surface area contributed by atoms with E-state index >= 15 is 0 Å². The third-order valence-corrected chi connectivity index (χ3v) is 3.29. The molecule has 1 atom stereocenters. The van der Waals surface area contributed by atoms with Gasteiger partial charge in [-0.25, -0.2) is 0 Å². The summed E-state index contributed by atoms with van der Waals surface area (Å²) in [5.74, 6) is 0.188. The molecule has 2 nitrogen and oxygen atoms in total. The highest BCUT2D eigenvalue weighted by molar-refractivity contribution is 14.1. The quantitative estimate of drug-likeness (QED) is 0.468. The summed E-state index contributed by atoms with van der Waals surface area (Å²) in [7, 11) is 0. The topological polar surface area (TPSA) is 18.5 Å². The van der Waals surface area contributed by atoms with Crippen LogP contribution in [0.3, 0.4) is 0 Å². The lowest BCUT2D eigenvalue weighted by Gasteiger charge is -2.28. The number of ether oxygens (including phenoxy) is 2. The zero-order valence-electron chi connectivity index (χ0n) is 6.64. The molecule has 0 N–H and O–H groups in total. The molecule has 1 heterocycles. The molecule has 1 aliphatic heterocycles. The number of halogens is 4. The monoisotopic (exact) mass is 424 g/mol. The van der Waals surface area contributed by atoms with Crippen molar-refractivity contribution in [1.82, 2.24) is 0 Å². The molecule has 0 radical (unpaired) electrons. The molecule has 0 aromatic heterocycles. The summed E-state index contributed by atoms with van der Waals surface area (Å²) < 4.78 is 34.6. The van der Waals surface area contributed by atoms with Gasteiger partial charge in [-0.1, -0.05) is 6.07 Å². The molecule has 1 aliphatic rings. The number of hydrogen-bond donors (Lipinski definition) is 0. The van der Waals surface area contributed by atoms with E-state index in [1.165, 1.54) is 0 Å². The maximum atomic E-state index is 12.8. The standard InChI is InChI=1S/C8H4F2I2O2/c9-8(10)13-6-3-4(11)1-2-5(6)7(12)14-8/h1-3,7H. The van der Waals surface area contributed by atoms with E-state index in [4.69, 9.17) is 0 Å². The van der Waals surface area contributed by atoms with Crippen LogP contribution < -0.4 is 4.74 Å². The van der Waals surface area contributed by atoms with Crippen LogP contribution in [0.1, 0.15) is 9.67 Å². The molecule has 0 fully saturated rings. The van der Waals surface area contributed by atoms with Gasteiger partial charge < -0.3 is 4.74 Å². The molecule has 14 heavy (non-hydrogen) atoms. The number of rotatable bonds is 0. The molecular weight excluding hydrogens is 420 g/mol. The van der Waals surface area contributed by atoms with Crippen molar-refractivity contribution in [3.63, 3.8) is 0 Å². The van der Waals surface area contributed by atoms with Crippen LogP contribution in [0, 0.1) is 3.57 Å². The first-order chi connectivity index (χ1) is 6.48. The Kier molecular flexibility index (Phi) is 2.86. The SMILES string of the molecule is FC1(F)Oc2cc(I)ccc2C(I)O1. The molecule has 1 aromatic carbocycles. The van der Waals surface area contributed by atoms with Gasteiger partial charge in [0.2, 0.25) is 0 Å². The molecule has 6 heteroatoms. The lowest BCUT2D eigenvalue weighted by atomic mass is 10.2. The van der Waals surface area contributed by atoms with Crippen LogP contribution in [0.15, 0.2) is 18.2 Å². The average Bonchev–Trinajstić information content (AvgIpc) is 2.00. The Balaban J connectivity index is 2.46. The van der Waals surface area contributed by atoms with Crippen LogP contribution >= 0.6 is 45.2 Å². The summed E-state index contributed by atoms with van der Waals surface area (Å²) in [5.41, 5.74) is 0.636. The van der Waals surface area contributed by atoms with Gasteiger partial charge in [-0.2, -0.15) is 0 Å². The van der Waals surface area contributed by atoms with E-state index in [-0.39, 0.29) is 5.75 Å².